The van der Waals surface area contributed by atoms with Crippen LogP contribution in [0.5, 0.6) is 0 Å². The highest BCUT2D eigenvalue weighted by atomic mass is 16.3. The Morgan fingerprint density at radius 1 is 1.03 bits per heavy atom. The molecule has 0 unspecified atom stereocenters. The van der Waals surface area contributed by atoms with Crippen LogP contribution in [0.1, 0.15) is 70.3 Å². The SMILES string of the molecule is CCCCNc1ncc(-c2ccc(CN3CCCCC3)cn2)c(N[C@H]2CC[C@H](O)CC2)n1. The van der Waals surface area contributed by atoms with Gasteiger partial charge in [0, 0.05) is 31.5 Å². The molecule has 0 spiro atoms. The predicted octanol–water partition coefficient (Wildman–Crippen LogP) is 4.45. The predicted molar refractivity (Wildman–Crippen MR) is 130 cm³/mol. The second kappa shape index (κ2) is 11.6. The number of rotatable bonds is 9. The first-order valence-corrected chi connectivity index (χ1v) is 12.4. The molecule has 3 heterocycles. The van der Waals surface area contributed by atoms with Gasteiger partial charge in [-0.2, -0.15) is 4.98 Å². The molecule has 2 aromatic rings. The van der Waals surface area contributed by atoms with Crippen LogP contribution in [0.2, 0.25) is 0 Å². The number of hydrogen-bond donors (Lipinski definition) is 3. The summed E-state index contributed by atoms with van der Waals surface area (Å²) in [6.07, 6.45) is 13.5. The molecule has 0 radical (unpaired) electrons. The zero-order chi connectivity index (χ0) is 22.2. The van der Waals surface area contributed by atoms with Crippen molar-refractivity contribution in [2.75, 3.05) is 30.3 Å². The maximum Gasteiger partial charge on any atom is 0.224 e. The summed E-state index contributed by atoms with van der Waals surface area (Å²) in [7, 11) is 0. The van der Waals surface area contributed by atoms with Crippen molar-refractivity contribution >= 4 is 11.8 Å². The van der Waals surface area contributed by atoms with Gasteiger partial charge in [0.05, 0.1) is 17.4 Å². The number of unbranched alkanes of at least 4 members (excludes halogenated alkanes) is 1. The maximum absolute atomic E-state index is 9.86. The fourth-order valence-corrected chi connectivity index (χ4v) is 4.61. The first kappa shape index (κ1) is 22.9. The molecule has 32 heavy (non-hydrogen) atoms. The van der Waals surface area contributed by atoms with Gasteiger partial charge >= 0.3 is 0 Å². The van der Waals surface area contributed by atoms with E-state index in [0.717, 1.165) is 68.7 Å². The average Bonchev–Trinajstić information content (AvgIpc) is 2.82. The number of aromatic nitrogens is 3. The molecule has 2 aromatic heterocycles. The highest BCUT2D eigenvalue weighted by Crippen LogP contribution is 2.29. The Balaban J connectivity index is 1.50. The lowest BCUT2D eigenvalue weighted by Gasteiger charge is -2.27. The third-order valence-corrected chi connectivity index (χ3v) is 6.60. The number of nitrogens with zero attached hydrogens (tertiary/aromatic N) is 4. The van der Waals surface area contributed by atoms with Crippen LogP contribution in [0, 0.1) is 0 Å². The Morgan fingerprint density at radius 2 is 1.84 bits per heavy atom. The van der Waals surface area contributed by atoms with Crippen LogP contribution in [0.3, 0.4) is 0 Å². The fraction of sp³-hybridized carbons (Fsp3) is 0.640. The Morgan fingerprint density at radius 3 is 2.56 bits per heavy atom. The molecular weight excluding hydrogens is 400 g/mol. The van der Waals surface area contributed by atoms with Crippen molar-refractivity contribution in [2.45, 2.75) is 83.4 Å². The van der Waals surface area contributed by atoms with E-state index in [1.54, 1.807) is 0 Å². The second-order valence-electron chi connectivity index (χ2n) is 9.27. The van der Waals surface area contributed by atoms with Gasteiger partial charge in [-0.1, -0.05) is 25.8 Å². The third-order valence-electron chi connectivity index (χ3n) is 6.60. The lowest BCUT2D eigenvalue weighted by atomic mass is 9.93. The van der Waals surface area contributed by atoms with Gasteiger partial charge in [0.25, 0.3) is 0 Å². The Bertz CT molecular complexity index is 829. The van der Waals surface area contributed by atoms with E-state index >= 15 is 0 Å². The van der Waals surface area contributed by atoms with Crippen molar-refractivity contribution in [3.05, 3.63) is 30.1 Å². The summed E-state index contributed by atoms with van der Waals surface area (Å²) in [5.41, 5.74) is 3.08. The highest BCUT2D eigenvalue weighted by Gasteiger charge is 2.21. The summed E-state index contributed by atoms with van der Waals surface area (Å²) in [5.74, 6) is 1.49. The Kier molecular flexibility index (Phi) is 8.29. The van der Waals surface area contributed by atoms with Crippen molar-refractivity contribution in [3.8, 4) is 11.3 Å². The first-order valence-electron chi connectivity index (χ1n) is 12.4. The molecule has 1 saturated carbocycles. The van der Waals surface area contributed by atoms with Crippen LogP contribution in [0.4, 0.5) is 11.8 Å². The minimum atomic E-state index is -0.168. The molecule has 2 fully saturated rings. The first-order chi connectivity index (χ1) is 15.7. The third kappa shape index (κ3) is 6.39. The smallest absolute Gasteiger partial charge is 0.224 e. The number of anilines is 2. The number of likely N-dealkylation sites (tertiary alicyclic amines) is 1. The zero-order valence-electron chi connectivity index (χ0n) is 19.4. The van der Waals surface area contributed by atoms with Crippen molar-refractivity contribution in [1.29, 1.82) is 0 Å². The van der Waals surface area contributed by atoms with Gasteiger partial charge < -0.3 is 15.7 Å². The van der Waals surface area contributed by atoms with E-state index in [1.165, 1.54) is 37.9 Å². The lowest BCUT2D eigenvalue weighted by Crippen LogP contribution is -2.29. The molecular formula is C25H38N6O. The molecule has 0 amide bonds. The van der Waals surface area contributed by atoms with Gasteiger partial charge in [-0.25, -0.2) is 4.98 Å². The van der Waals surface area contributed by atoms with E-state index in [0.29, 0.717) is 12.0 Å². The lowest BCUT2D eigenvalue weighted by molar-refractivity contribution is 0.126. The molecule has 7 heteroatoms. The number of aliphatic hydroxyl groups excluding tert-OH is 1. The number of hydrogen-bond acceptors (Lipinski definition) is 7. The normalized spacial score (nSPS) is 21.9. The van der Waals surface area contributed by atoms with E-state index in [1.807, 2.05) is 12.4 Å². The van der Waals surface area contributed by atoms with Crippen molar-refractivity contribution in [3.63, 3.8) is 0 Å². The molecule has 0 aromatic carbocycles. The van der Waals surface area contributed by atoms with E-state index in [2.05, 4.69) is 39.6 Å². The minimum Gasteiger partial charge on any atom is -0.393 e. The highest BCUT2D eigenvalue weighted by molar-refractivity contribution is 5.72. The second-order valence-corrected chi connectivity index (χ2v) is 9.27. The zero-order valence-corrected chi connectivity index (χ0v) is 19.4. The van der Waals surface area contributed by atoms with Crippen LogP contribution in [0.15, 0.2) is 24.5 Å². The molecule has 2 aliphatic rings. The Labute approximate surface area is 192 Å². The number of pyridine rings is 1. The summed E-state index contributed by atoms with van der Waals surface area (Å²) < 4.78 is 0. The van der Waals surface area contributed by atoms with Crippen LogP contribution in [-0.4, -0.2) is 56.7 Å². The standard InChI is InChI=1S/C25H38N6O/c1-2-3-13-26-25-28-17-22(24(30-25)29-20-8-10-21(32)11-9-20)23-12-7-19(16-27-23)18-31-14-5-4-6-15-31/h7,12,16-17,20-21,32H,2-6,8-11,13-15,18H2,1H3,(H2,26,28,29,30)/t20-,21-. The van der Waals surface area contributed by atoms with Crippen molar-refractivity contribution in [1.82, 2.24) is 19.9 Å². The molecule has 3 N–H and O–H groups in total. The van der Waals surface area contributed by atoms with Crippen LogP contribution in [0.25, 0.3) is 11.3 Å². The molecule has 1 saturated heterocycles. The van der Waals surface area contributed by atoms with E-state index < -0.39 is 0 Å². The average molecular weight is 439 g/mol. The van der Waals surface area contributed by atoms with Gasteiger partial charge in [0.1, 0.15) is 5.82 Å². The molecule has 0 atom stereocenters. The van der Waals surface area contributed by atoms with Crippen LogP contribution in [-0.2, 0) is 6.54 Å². The number of aliphatic hydroxyl groups is 1. The number of piperidine rings is 1. The molecule has 4 rings (SSSR count). The molecule has 1 aliphatic heterocycles. The van der Waals surface area contributed by atoms with E-state index in [4.69, 9.17) is 9.97 Å². The summed E-state index contributed by atoms with van der Waals surface area (Å²) >= 11 is 0. The van der Waals surface area contributed by atoms with E-state index in [9.17, 15) is 5.11 Å². The quantitative estimate of drug-likeness (QED) is 0.499. The topological polar surface area (TPSA) is 86.2 Å². The van der Waals surface area contributed by atoms with Crippen molar-refractivity contribution in [2.24, 2.45) is 0 Å². The van der Waals surface area contributed by atoms with E-state index in [-0.39, 0.29) is 6.10 Å². The fourth-order valence-electron chi connectivity index (χ4n) is 4.61. The summed E-state index contributed by atoms with van der Waals surface area (Å²) in [4.78, 5) is 16.7. The van der Waals surface area contributed by atoms with Gasteiger partial charge in [0.15, 0.2) is 0 Å². The maximum atomic E-state index is 9.86. The van der Waals surface area contributed by atoms with Crippen LogP contribution >= 0.6 is 0 Å². The van der Waals surface area contributed by atoms with Gasteiger partial charge in [0.2, 0.25) is 5.95 Å². The summed E-state index contributed by atoms with van der Waals surface area (Å²) in [6.45, 7) is 6.39. The monoisotopic (exact) mass is 438 g/mol. The van der Waals surface area contributed by atoms with Gasteiger partial charge in [-0.05, 0) is 69.7 Å². The van der Waals surface area contributed by atoms with Crippen molar-refractivity contribution < 1.29 is 5.11 Å². The molecule has 7 nitrogen and oxygen atoms in total. The minimum absolute atomic E-state index is 0.168. The van der Waals surface area contributed by atoms with Crippen LogP contribution < -0.4 is 10.6 Å². The summed E-state index contributed by atoms with van der Waals surface area (Å²) in [5, 5.41) is 16.8. The Hall–Kier alpha value is -2.25. The molecule has 0 bridgehead atoms. The van der Waals surface area contributed by atoms with Gasteiger partial charge in [-0.3, -0.25) is 9.88 Å². The molecule has 174 valence electrons. The van der Waals surface area contributed by atoms with Gasteiger partial charge in [-0.15, -0.1) is 0 Å². The number of nitrogens with one attached hydrogen (secondary N) is 2. The largest absolute Gasteiger partial charge is 0.393 e. The summed E-state index contributed by atoms with van der Waals surface area (Å²) in [6, 6.07) is 4.59. The molecule has 1 aliphatic carbocycles.